The van der Waals surface area contributed by atoms with Crippen molar-refractivity contribution in [1.82, 2.24) is 9.80 Å². The Labute approximate surface area is 169 Å². The second kappa shape index (κ2) is 9.40. The monoisotopic (exact) mass is 386 g/mol. The first kappa shape index (κ1) is 19.9. The van der Waals surface area contributed by atoms with E-state index in [0.717, 1.165) is 90.7 Å². The maximum Gasteiger partial charge on any atom is 0.119 e. The average molecular weight is 387 g/mol. The van der Waals surface area contributed by atoms with Gasteiger partial charge in [0.25, 0.3) is 0 Å². The normalized spacial score (nSPS) is 23.5. The van der Waals surface area contributed by atoms with Crippen LogP contribution in [0.5, 0.6) is 5.75 Å². The van der Waals surface area contributed by atoms with Crippen molar-refractivity contribution in [3.05, 3.63) is 41.5 Å². The van der Waals surface area contributed by atoms with E-state index >= 15 is 0 Å². The number of piperidine rings is 1. The second-order valence-corrected chi connectivity index (χ2v) is 8.38. The molecule has 0 radical (unpaired) electrons. The number of rotatable bonds is 6. The Morgan fingerprint density at radius 2 is 1.86 bits per heavy atom. The predicted molar refractivity (Wildman–Crippen MR) is 111 cm³/mol. The summed E-state index contributed by atoms with van der Waals surface area (Å²) < 4.78 is 17.6. The Bertz CT molecular complexity index is 662. The number of benzene rings is 1. The van der Waals surface area contributed by atoms with Gasteiger partial charge in [0, 0.05) is 39.3 Å². The molecule has 0 aliphatic carbocycles. The molecule has 1 aromatic rings. The van der Waals surface area contributed by atoms with Crippen LogP contribution < -0.4 is 4.74 Å². The summed E-state index contributed by atoms with van der Waals surface area (Å²) in [4.78, 5) is 4.94. The predicted octanol–water partition coefficient (Wildman–Crippen LogP) is 3.10. The SMILES string of the molecule is CC1=CC2(CCN(Cc3cccc(OCCN4CCOCC4)c3)CC2)OCC1. The molecule has 0 aromatic heterocycles. The van der Waals surface area contributed by atoms with E-state index in [2.05, 4.69) is 47.1 Å². The molecule has 154 valence electrons. The average Bonchev–Trinajstić information content (AvgIpc) is 2.71. The van der Waals surface area contributed by atoms with Crippen LogP contribution >= 0.6 is 0 Å². The molecule has 28 heavy (non-hydrogen) atoms. The molecule has 3 aliphatic rings. The number of morpholine rings is 1. The van der Waals surface area contributed by atoms with Gasteiger partial charge >= 0.3 is 0 Å². The summed E-state index contributed by atoms with van der Waals surface area (Å²) in [6, 6.07) is 8.59. The van der Waals surface area contributed by atoms with Gasteiger partial charge in [0.2, 0.25) is 0 Å². The number of nitrogens with zero attached hydrogens (tertiary/aromatic N) is 2. The lowest BCUT2D eigenvalue weighted by molar-refractivity contribution is -0.0577. The summed E-state index contributed by atoms with van der Waals surface area (Å²) in [6.07, 6.45) is 5.67. The van der Waals surface area contributed by atoms with E-state index in [1.54, 1.807) is 0 Å². The molecule has 3 aliphatic heterocycles. The molecule has 4 rings (SSSR count). The molecule has 5 heteroatoms. The molecule has 2 fully saturated rings. The van der Waals surface area contributed by atoms with Crippen molar-refractivity contribution in [1.29, 1.82) is 0 Å². The van der Waals surface area contributed by atoms with Crippen molar-refractivity contribution in [2.45, 2.75) is 38.3 Å². The van der Waals surface area contributed by atoms with E-state index in [9.17, 15) is 0 Å². The van der Waals surface area contributed by atoms with Gasteiger partial charge in [-0.25, -0.2) is 0 Å². The van der Waals surface area contributed by atoms with E-state index in [4.69, 9.17) is 14.2 Å². The first-order valence-corrected chi connectivity index (χ1v) is 10.8. The van der Waals surface area contributed by atoms with E-state index in [-0.39, 0.29) is 5.60 Å². The molecular weight excluding hydrogens is 352 g/mol. The van der Waals surface area contributed by atoms with Crippen molar-refractivity contribution in [2.75, 3.05) is 59.2 Å². The van der Waals surface area contributed by atoms with E-state index in [0.29, 0.717) is 0 Å². The minimum atomic E-state index is 0.00326. The minimum Gasteiger partial charge on any atom is -0.492 e. The van der Waals surface area contributed by atoms with Crippen molar-refractivity contribution in [2.24, 2.45) is 0 Å². The van der Waals surface area contributed by atoms with Gasteiger partial charge in [-0.05, 0) is 43.9 Å². The Morgan fingerprint density at radius 3 is 2.64 bits per heavy atom. The van der Waals surface area contributed by atoms with E-state index < -0.39 is 0 Å². The lowest BCUT2D eigenvalue weighted by Gasteiger charge is -2.42. The fraction of sp³-hybridized carbons (Fsp3) is 0.652. The van der Waals surface area contributed by atoms with Gasteiger partial charge in [-0.15, -0.1) is 0 Å². The Balaban J connectivity index is 1.24. The Morgan fingerprint density at radius 1 is 1.04 bits per heavy atom. The van der Waals surface area contributed by atoms with Crippen LogP contribution in [0.3, 0.4) is 0 Å². The minimum absolute atomic E-state index is 0.00326. The van der Waals surface area contributed by atoms with Crippen LogP contribution in [0.1, 0.15) is 31.7 Å². The zero-order valence-corrected chi connectivity index (χ0v) is 17.2. The van der Waals surface area contributed by atoms with Crippen LogP contribution in [0, 0.1) is 0 Å². The van der Waals surface area contributed by atoms with Gasteiger partial charge in [0.05, 0.1) is 25.4 Å². The van der Waals surface area contributed by atoms with Crippen LogP contribution in [-0.2, 0) is 16.0 Å². The van der Waals surface area contributed by atoms with Crippen molar-refractivity contribution < 1.29 is 14.2 Å². The topological polar surface area (TPSA) is 34.2 Å². The quantitative estimate of drug-likeness (QED) is 0.702. The molecule has 0 amide bonds. The summed E-state index contributed by atoms with van der Waals surface area (Å²) in [5.74, 6) is 0.980. The molecule has 0 N–H and O–H groups in total. The molecule has 0 bridgehead atoms. The number of likely N-dealkylation sites (tertiary alicyclic amines) is 1. The highest BCUT2D eigenvalue weighted by Gasteiger charge is 2.35. The largest absolute Gasteiger partial charge is 0.492 e. The standard InChI is InChI=1S/C23H34N2O3/c1-20-5-13-28-23(18-20)6-8-25(9-7-23)19-21-3-2-4-22(17-21)27-16-12-24-10-14-26-15-11-24/h2-4,17-18H,5-16,19H2,1H3. The molecule has 2 saturated heterocycles. The fourth-order valence-corrected chi connectivity index (χ4v) is 4.47. The van der Waals surface area contributed by atoms with Crippen LogP contribution in [0.4, 0.5) is 0 Å². The molecule has 0 atom stereocenters. The lowest BCUT2D eigenvalue weighted by Crippen LogP contribution is -2.46. The summed E-state index contributed by atoms with van der Waals surface area (Å²) in [7, 11) is 0. The molecule has 1 spiro atoms. The Kier molecular flexibility index (Phi) is 6.68. The zero-order valence-electron chi connectivity index (χ0n) is 17.2. The van der Waals surface area contributed by atoms with Gasteiger partial charge in [-0.2, -0.15) is 0 Å². The molecular formula is C23H34N2O3. The number of hydrogen-bond acceptors (Lipinski definition) is 5. The summed E-state index contributed by atoms with van der Waals surface area (Å²) in [5.41, 5.74) is 2.82. The summed E-state index contributed by atoms with van der Waals surface area (Å²) in [5, 5.41) is 0. The molecule has 5 nitrogen and oxygen atoms in total. The highest BCUT2D eigenvalue weighted by molar-refractivity contribution is 5.28. The zero-order chi connectivity index (χ0) is 19.2. The Hall–Kier alpha value is -1.40. The highest BCUT2D eigenvalue weighted by Crippen LogP contribution is 2.33. The lowest BCUT2D eigenvalue weighted by atomic mass is 9.87. The maximum atomic E-state index is 6.15. The number of hydrogen-bond donors (Lipinski definition) is 0. The van der Waals surface area contributed by atoms with Crippen molar-refractivity contribution in [3.8, 4) is 5.75 Å². The third-order valence-corrected chi connectivity index (χ3v) is 6.18. The third kappa shape index (κ3) is 5.35. The van der Waals surface area contributed by atoms with Gasteiger partial charge in [-0.3, -0.25) is 9.80 Å². The van der Waals surface area contributed by atoms with Crippen LogP contribution in [-0.4, -0.2) is 74.6 Å². The highest BCUT2D eigenvalue weighted by atomic mass is 16.5. The van der Waals surface area contributed by atoms with Crippen LogP contribution in [0.2, 0.25) is 0 Å². The van der Waals surface area contributed by atoms with Crippen LogP contribution in [0.15, 0.2) is 35.9 Å². The van der Waals surface area contributed by atoms with E-state index in [1.165, 1.54) is 11.1 Å². The van der Waals surface area contributed by atoms with E-state index in [1.807, 2.05) is 0 Å². The smallest absolute Gasteiger partial charge is 0.119 e. The van der Waals surface area contributed by atoms with Gasteiger partial charge < -0.3 is 14.2 Å². The maximum absolute atomic E-state index is 6.15. The van der Waals surface area contributed by atoms with Gasteiger partial charge in [0.15, 0.2) is 0 Å². The molecule has 0 unspecified atom stereocenters. The first-order valence-electron chi connectivity index (χ1n) is 10.8. The van der Waals surface area contributed by atoms with Crippen LogP contribution in [0.25, 0.3) is 0 Å². The van der Waals surface area contributed by atoms with Gasteiger partial charge in [-0.1, -0.05) is 23.8 Å². The first-order chi connectivity index (χ1) is 13.7. The molecule has 3 heterocycles. The second-order valence-electron chi connectivity index (χ2n) is 8.38. The summed E-state index contributed by atoms with van der Waals surface area (Å²) in [6.45, 7) is 11.7. The number of ether oxygens (including phenoxy) is 3. The van der Waals surface area contributed by atoms with Crippen molar-refractivity contribution in [3.63, 3.8) is 0 Å². The van der Waals surface area contributed by atoms with Gasteiger partial charge in [0.1, 0.15) is 12.4 Å². The fourth-order valence-electron chi connectivity index (χ4n) is 4.47. The molecule has 0 saturated carbocycles. The third-order valence-electron chi connectivity index (χ3n) is 6.18. The summed E-state index contributed by atoms with van der Waals surface area (Å²) >= 11 is 0. The van der Waals surface area contributed by atoms with Crippen molar-refractivity contribution >= 4 is 0 Å². The molecule has 1 aromatic carbocycles.